The van der Waals surface area contributed by atoms with E-state index < -0.39 is 11.2 Å². The van der Waals surface area contributed by atoms with Crippen LogP contribution in [0.3, 0.4) is 0 Å². The number of ketones is 1. The molecule has 216 valence electrons. The molecule has 0 bridgehead atoms. The molecule has 0 aliphatic carbocycles. The Hall–Kier alpha value is -3.39. The maximum absolute atomic E-state index is 13.4. The van der Waals surface area contributed by atoms with E-state index in [4.69, 9.17) is 14.2 Å². The molecule has 1 saturated heterocycles. The van der Waals surface area contributed by atoms with Crippen molar-refractivity contribution >= 4 is 17.7 Å². The van der Waals surface area contributed by atoms with Crippen molar-refractivity contribution in [2.24, 2.45) is 0 Å². The first-order chi connectivity index (χ1) is 18.7. The molecule has 0 atom stereocenters. The minimum absolute atomic E-state index is 0.0839. The van der Waals surface area contributed by atoms with Gasteiger partial charge in [0.1, 0.15) is 23.7 Å². The molecule has 0 aromatic heterocycles. The Balaban J connectivity index is 1.41. The highest BCUT2D eigenvalue weighted by molar-refractivity contribution is 6.03. The van der Waals surface area contributed by atoms with E-state index in [9.17, 15) is 19.5 Å². The summed E-state index contributed by atoms with van der Waals surface area (Å²) in [6.07, 6.45) is 2.38. The van der Waals surface area contributed by atoms with Gasteiger partial charge in [-0.05, 0) is 90.6 Å². The van der Waals surface area contributed by atoms with Crippen LogP contribution in [0, 0.1) is 0 Å². The van der Waals surface area contributed by atoms with Crippen molar-refractivity contribution in [1.82, 2.24) is 4.90 Å². The fourth-order valence-corrected chi connectivity index (χ4v) is 5.19. The normalized spacial score (nSPS) is 16.4. The van der Waals surface area contributed by atoms with Gasteiger partial charge in [-0.25, -0.2) is 0 Å². The molecule has 0 saturated carbocycles. The molecule has 8 heteroatoms. The topological polar surface area (TPSA) is 102 Å². The van der Waals surface area contributed by atoms with Crippen LogP contribution in [0.1, 0.15) is 92.6 Å². The number of hydrogen-bond acceptors (Lipinski definition) is 7. The highest BCUT2D eigenvalue weighted by Gasteiger charge is 2.44. The number of likely N-dealkylation sites (tertiary alicyclic amines) is 1. The van der Waals surface area contributed by atoms with Crippen molar-refractivity contribution < 1.29 is 33.7 Å². The number of nitrogens with zero attached hydrogens (tertiary/aromatic N) is 1. The van der Waals surface area contributed by atoms with E-state index in [0.717, 1.165) is 29.7 Å². The second-order valence-corrected chi connectivity index (χ2v) is 12.8. The van der Waals surface area contributed by atoms with Crippen molar-refractivity contribution in [3.63, 3.8) is 0 Å². The van der Waals surface area contributed by atoms with Gasteiger partial charge in [0.2, 0.25) is 0 Å². The molecule has 1 spiro atoms. The number of carbonyl (C=O) groups is 3. The maximum Gasteiger partial charge on any atom is 0.306 e. The summed E-state index contributed by atoms with van der Waals surface area (Å²) in [6.45, 7) is 12.6. The third kappa shape index (κ3) is 7.02. The number of phenols is 1. The van der Waals surface area contributed by atoms with Gasteiger partial charge < -0.3 is 24.2 Å². The summed E-state index contributed by atoms with van der Waals surface area (Å²) >= 11 is 0. The van der Waals surface area contributed by atoms with E-state index in [1.807, 2.05) is 53.7 Å². The lowest BCUT2D eigenvalue weighted by Gasteiger charge is -2.38. The van der Waals surface area contributed by atoms with Crippen molar-refractivity contribution in [1.29, 1.82) is 0 Å². The number of aromatic hydroxyl groups is 1. The second-order valence-electron chi connectivity index (χ2n) is 12.8. The predicted molar refractivity (Wildman–Crippen MR) is 151 cm³/mol. The van der Waals surface area contributed by atoms with Crippen LogP contribution in [-0.2, 0) is 26.1 Å². The standard InChI is InChI=1S/C32H41NO7/c1-30(2,3)39-19-26(35)23-18-22(9-10-25(23)34)29(37)33-15-13-32(14-16-33)20-38-27-11-7-21(17-24(27)32)8-12-28(36)40-31(4,5)6/h7,9-11,17-18,34H,8,12-16,19-20H2,1-6H3. The van der Waals surface area contributed by atoms with E-state index in [1.165, 1.54) is 12.1 Å². The van der Waals surface area contributed by atoms with Crippen LogP contribution in [0.4, 0.5) is 0 Å². The zero-order valence-corrected chi connectivity index (χ0v) is 24.5. The lowest BCUT2D eigenvalue weighted by Crippen LogP contribution is -2.46. The second kappa shape index (κ2) is 11.2. The van der Waals surface area contributed by atoms with Crippen molar-refractivity contribution in [2.45, 2.75) is 83.8 Å². The van der Waals surface area contributed by atoms with Crippen molar-refractivity contribution in [3.05, 3.63) is 58.7 Å². The number of benzene rings is 2. The number of piperidine rings is 1. The van der Waals surface area contributed by atoms with Crippen molar-refractivity contribution in [2.75, 3.05) is 26.3 Å². The smallest absolute Gasteiger partial charge is 0.306 e. The molecule has 0 unspecified atom stereocenters. The first-order valence-corrected chi connectivity index (χ1v) is 13.9. The number of rotatable bonds is 7. The molecule has 1 N–H and O–H groups in total. The number of phenolic OH excluding ortho intramolecular Hbond substituents is 1. The summed E-state index contributed by atoms with van der Waals surface area (Å²) in [5, 5.41) is 10.3. The van der Waals surface area contributed by atoms with E-state index in [2.05, 4.69) is 6.07 Å². The number of carbonyl (C=O) groups excluding carboxylic acids is 3. The van der Waals surface area contributed by atoms with Crippen LogP contribution in [-0.4, -0.2) is 65.2 Å². The number of Topliss-reactive ketones (excluding diaryl/α,β-unsaturated/α-hetero) is 1. The lowest BCUT2D eigenvalue weighted by molar-refractivity contribution is -0.154. The molecule has 0 radical (unpaired) electrons. The fourth-order valence-electron chi connectivity index (χ4n) is 5.19. The van der Waals surface area contributed by atoms with Crippen molar-refractivity contribution in [3.8, 4) is 11.5 Å². The number of aryl methyl sites for hydroxylation is 1. The Labute approximate surface area is 236 Å². The molecular weight excluding hydrogens is 510 g/mol. The van der Waals surface area contributed by atoms with Crippen LogP contribution < -0.4 is 4.74 Å². The summed E-state index contributed by atoms with van der Waals surface area (Å²) in [5.41, 5.74) is 1.46. The molecule has 2 heterocycles. The molecular formula is C32H41NO7. The zero-order chi connectivity index (χ0) is 29.3. The van der Waals surface area contributed by atoms with Gasteiger partial charge in [-0.3, -0.25) is 14.4 Å². The van der Waals surface area contributed by atoms with Crippen LogP contribution in [0.15, 0.2) is 36.4 Å². The number of hydrogen-bond donors (Lipinski definition) is 1. The molecule has 40 heavy (non-hydrogen) atoms. The minimum Gasteiger partial charge on any atom is -0.507 e. The summed E-state index contributed by atoms with van der Waals surface area (Å²) < 4.78 is 17.1. The Morgan fingerprint density at radius 2 is 1.68 bits per heavy atom. The van der Waals surface area contributed by atoms with Crippen LogP contribution in [0.5, 0.6) is 11.5 Å². The van der Waals surface area contributed by atoms with Gasteiger partial charge in [-0.1, -0.05) is 12.1 Å². The van der Waals surface area contributed by atoms with Crippen LogP contribution in [0.2, 0.25) is 0 Å². The molecule has 4 rings (SSSR count). The summed E-state index contributed by atoms with van der Waals surface area (Å²) in [6, 6.07) is 10.5. The van der Waals surface area contributed by atoms with Gasteiger partial charge in [0, 0.05) is 36.1 Å². The molecule has 1 amide bonds. The first-order valence-electron chi connectivity index (χ1n) is 13.9. The van der Waals surface area contributed by atoms with Gasteiger partial charge in [-0.15, -0.1) is 0 Å². The molecule has 8 nitrogen and oxygen atoms in total. The summed E-state index contributed by atoms with van der Waals surface area (Å²) in [4.78, 5) is 40.1. The zero-order valence-electron chi connectivity index (χ0n) is 24.5. The quantitative estimate of drug-likeness (QED) is 0.371. The fraction of sp³-hybridized carbons (Fsp3) is 0.531. The average Bonchev–Trinajstić information content (AvgIpc) is 3.22. The van der Waals surface area contributed by atoms with Crippen LogP contribution in [0.25, 0.3) is 0 Å². The lowest BCUT2D eigenvalue weighted by atomic mass is 9.74. The monoisotopic (exact) mass is 551 g/mol. The van der Waals surface area contributed by atoms with E-state index in [-0.39, 0.29) is 41.0 Å². The average molecular weight is 552 g/mol. The number of amides is 1. The molecule has 2 aliphatic rings. The van der Waals surface area contributed by atoms with E-state index in [1.54, 1.807) is 11.0 Å². The highest BCUT2D eigenvalue weighted by Crippen LogP contribution is 2.46. The Morgan fingerprint density at radius 1 is 0.975 bits per heavy atom. The Morgan fingerprint density at radius 3 is 2.33 bits per heavy atom. The van der Waals surface area contributed by atoms with Gasteiger partial charge in [-0.2, -0.15) is 0 Å². The molecule has 1 fully saturated rings. The van der Waals surface area contributed by atoms with Crippen LogP contribution >= 0.6 is 0 Å². The van der Waals surface area contributed by atoms with Gasteiger partial charge in [0.15, 0.2) is 5.78 Å². The third-order valence-electron chi connectivity index (χ3n) is 7.35. The Kier molecular flexibility index (Phi) is 8.31. The predicted octanol–water partition coefficient (Wildman–Crippen LogP) is 5.23. The number of ether oxygens (including phenoxy) is 3. The highest BCUT2D eigenvalue weighted by atomic mass is 16.6. The van der Waals surface area contributed by atoms with Gasteiger partial charge in [0.05, 0.1) is 17.8 Å². The maximum atomic E-state index is 13.4. The number of fused-ring (bicyclic) bond motifs is 2. The molecule has 2 aliphatic heterocycles. The minimum atomic E-state index is -0.504. The van der Waals surface area contributed by atoms with Gasteiger partial charge in [0.25, 0.3) is 5.91 Å². The van der Waals surface area contributed by atoms with E-state index in [0.29, 0.717) is 38.1 Å². The van der Waals surface area contributed by atoms with E-state index >= 15 is 0 Å². The third-order valence-corrected chi connectivity index (χ3v) is 7.35. The number of esters is 1. The summed E-state index contributed by atoms with van der Waals surface area (Å²) in [5.74, 6) is -0.0712. The molecule has 2 aromatic carbocycles. The summed E-state index contributed by atoms with van der Waals surface area (Å²) in [7, 11) is 0. The SMILES string of the molecule is CC(C)(C)OCC(=O)c1cc(C(=O)N2CCC3(CC2)COc2ccc(CCC(=O)OC(C)(C)C)cc23)ccc1O. The molecule has 2 aromatic rings. The van der Waals surface area contributed by atoms with Gasteiger partial charge >= 0.3 is 5.97 Å². The Bertz CT molecular complexity index is 1280. The largest absolute Gasteiger partial charge is 0.507 e. The first kappa shape index (κ1) is 29.6.